The first-order valence-electron chi connectivity index (χ1n) is 4.65. The Labute approximate surface area is 116 Å². The molecule has 94 valence electrons. The Balaban J connectivity index is 1.97. The number of hydrogen-bond acceptors (Lipinski definition) is 4. The third-order valence-electron chi connectivity index (χ3n) is 1.97. The van der Waals surface area contributed by atoms with Crippen LogP contribution in [-0.4, -0.2) is 11.8 Å². The van der Waals surface area contributed by atoms with E-state index in [1.54, 1.807) is 0 Å². The fourth-order valence-electron chi connectivity index (χ4n) is 1.14. The normalized spacial score (nSPS) is 10.1. The van der Waals surface area contributed by atoms with Crippen molar-refractivity contribution in [3.8, 4) is 0 Å². The summed E-state index contributed by atoms with van der Waals surface area (Å²) in [7, 11) is 0. The molecule has 2 aromatic heterocycles. The molecule has 0 saturated heterocycles. The maximum Gasteiger partial charge on any atom is 0.272 e. The summed E-state index contributed by atoms with van der Waals surface area (Å²) in [5.41, 5.74) is 4.95. The number of carbonyl (C=O) groups is 2. The highest BCUT2D eigenvalue weighted by molar-refractivity contribution is 7.20. The van der Waals surface area contributed by atoms with Gasteiger partial charge in [-0.15, -0.1) is 11.3 Å². The largest absolute Gasteiger partial charge is 0.472 e. The Morgan fingerprint density at radius 2 is 1.94 bits per heavy atom. The molecule has 2 rings (SSSR count). The van der Waals surface area contributed by atoms with Gasteiger partial charge < -0.3 is 4.42 Å². The quantitative estimate of drug-likeness (QED) is 0.838. The molecule has 2 N–H and O–H groups in total. The summed E-state index contributed by atoms with van der Waals surface area (Å²) >= 11 is 12.6. The second-order valence-corrected chi connectivity index (χ2v) is 5.44. The molecule has 18 heavy (non-hydrogen) atoms. The van der Waals surface area contributed by atoms with Gasteiger partial charge in [0.2, 0.25) is 0 Å². The molecule has 0 atom stereocenters. The first-order valence-corrected chi connectivity index (χ1v) is 6.23. The van der Waals surface area contributed by atoms with Gasteiger partial charge in [-0.05, 0) is 12.1 Å². The van der Waals surface area contributed by atoms with Gasteiger partial charge in [-0.25, -0.2) is 0 Å². The van der Waals surface area contributed by atoms with Crippen LogP contribution in [0.25, 0.3) is 0 Å². The molecule has 0 aliphatic rings. The van der Waals surface area contributed by atoms with Crippen LogP contribution in [0, 0.1) is 0 Å². The molecule has 2 aromatic rings. The Bertz CT molecular complexity index is 580. The highest BCUT2D eigenvalue weighted by atomic mass is 35.5. The zero-order chi connectivity index (χ0) is 13.1. The Hall–Kier alpha value is -1.50. The van der Waals surface area contributed by atoms with Crippen molar-refractivity contribution in [3.05, 3.63) is 44.5 Å². The summed E-state index contributed by atoms with van der Waals surface area (Å²) in [6.07, 6.45) is 2.61. The van der Waals surface area contributed by atoms with E-state index in [1.165, 1.54) is 24.7 Å². The molecule has 5 nitrogen and oxygen atoms in total. The number of halogens is 2. The molecule has 0 aromatic carbocycles. The second kappa shape index (κ2) is 5.43. The Kier molecular flexibility index (Phi) is 3.90. The predicted molar refractivity (Wildman–Crippen MR) is 68.0 cm³/mol. The first kappa shape index (κ1) is 12.9. The molecule has 0 fully saturated rings. The summed E-state index contributed by atoms with van der Waals surface area (Å²) in [6.45, 7) is 0. The van der Waals surface area contributed by atoms with E-state index in [1.807, 2.05) is 0 Å². The van der Waals surface area contributed by atoms with Crippen LogP contribution < -0.4 is 10.9 Å². The van der Waals surface area contributed by atoms with Crippen molar-refractivity contribution in [3.63, 3.8) is 0 Å². The maximum atomic E-state index is 11.7. The SMILES string of the molecule is O=C(NNC(=O)c1cc(Cl)sc1Cl)c1ccoc1. The third-order valence-corrected chi connectivity index (χ3v) is 3.46. The molecule has 0 aliphatic carbocycles. The number of furan rings is 1. The summed E-state index contributed by atoms with van der Waals surface area (Å²) in [6, 6.07) is 2.89. The van der Waals surface area contributed by atoms with Gasteiger partial charge in [-0.2, -0.15) is 0 Å². The summed E-state index contributed by atoms with van der Waals surface area (Å²) in [5.74, 6) is -1.03. The van der Waals surface area contributed by atoms with Crippen molar-refractivity contribution in [1.82, 2.24) is 10.9 Å². The van der Waals surface area contributed by atoms with Gasteiger partial charge in [0, 0.05) is 0 Å². The van der Waals surface area contributed by atoms with Crippen molar-refractivity contribution in [2.45, 2.75) is 0 Å². The van der Waals surface area contributed by atoms with Crippen LogP contribution in [-0.2, 0) is 0 Å². The highest BCUT2D eigenvalue weighted by Gasteiger charge is 2.15. The number of amides is 2. The summed E-state index contributed by atoms with van der Waals surface area (Å²) in [5, 5.41) is 0. The number of nitrogens with one attached hydrogen (secondary N) is 2. The Morgan fingerprint density at radius 1 is 1.22 bits per heavy atom. The molecule has 0 bridgehead atoms. The van der Waals surface area contributed by atoms with E-state index < -0.39 is 11.8 Å². The standard InChI is InChI=1S/C10H6Cl2N2O3S/c11-7-3-6(8(12)18-7)10(16)14-13-9(15)5-1-2-17-4-5/h1-4H,(H,13,15)(H,14,16). The van der Waals surface area contributed by atoms with Crippen LogP contribution in [0.3, 0.4) is 0 Å². The topological polar surface area (TPSA) is 71.3 Å². The minimum atomic E-state index is -0.542. The summed E-state index contributed by atoms with van der Waals surface area (Å²) in [4.78, 5) is 23.2. The van der Waals surface area contributed by atoms with Gasteiger partial charge in [0.15, 0.2) is 0 Å². The molecular formula is C10H6Cl2N2O3S. The molecule has 0 saturated carbocycles. The average molecular weight is 305 g/mol. The van der Waals surface area contributed by atoms with Crippen LogP contribution in [0.5, 0.6) is 0 Å². The van der Waals surface area contributed by atoms with Gasteiger partial charge >= 0.3 is 0 Å². The fourth-order valence-corrected chi connectivity index (χ4v) is 2.60. The monoisotopic (exact) mass is 304 g/mol. The van der Waals surface area contributed by atoms with Gasteiger partial charge in [0.25, 0.3) is 11.8 Å². The third kappa shape index (κ3) is 2.84. The molecule has 0 unspecified atom stereocenters. The average Bonchev–Trinajstić information content (AvgIpc) is 2.95. The number of carbonyl (C=O) groups excluding carboxylic acids is 2. The van der Waals surface area contributed by atoms with E-state index in [0.29, 0.717) is 9.90 Å². The number of hydrazine groups is 1. The molecule has 0 aliphatic heterocycles. The van der Waals surface area contributed by atoms with Gasteiger partial charge in [-0.1, -0.05) is 23.2 Å². The minimum absolute atomic E-state index is 0.208. The predicted octanol–water partition coefficient (Wildman–Crippen LogP) is 2.72. The zero-order valence-electron chi connectivity index (χ0n) is 8.70. The van der Waals surface area contributed by atoms with Crippen LogP contribution in [0.15, 0.2) is 29.1 Å². The van der Waals surface area contributed by atoms with Crippen LogP contribution in [0.1, 0.15) is 20.7 Å². The van der Waals surface area contributed by atoms with Crippen LogP contribution in [0.2, 0.25) is 8.67 Å². The van der Waals surface area contributed by atoms with E-state index in [4.69, 9.17) is 27.6 Å². The number of thiophene rings is 1. The lowest BCUT2D eigenvalue weighted by Gasteiger charge is -2.04. The van der Waals surface area contributed by atoms with Gasteiger partial charge in [-0.3, -0.25) is 20.4 Å². The Morgan fingerprint density at radius 3 is 2.50 bits per heavy atom. The fraction of sp³-hybridized carbons (Fsp3) is 0. The van der Waals surface area contributed by atoms with E-state index in [-0.39, 0.29) is 9.90 Å². The van der Waals surface area contributed by atoms with Crippen LogP contribution >= 0.6 is 34.5 Å². The molecule has 2 heterocycles. The number of rotatable bonds is 2. The lowest BCUT2D eigenvalue weighted by molar-refractivity contribution is 0.0846. The van der Waals surface area contributed by atoms with Gasteiger partial charge in [0.05, 0.1) is 21.7 Å². The zero-order valence-corrected chi connectivity index (χ0v) is 11.0. The van der Waals surface area contributed by atoms with Crippen molar-refractivity contribution in [2.24, 2.45) is 0 Å². The minimum Gasteiger partial charge on any atom is -0.472 e. The smallest absolute Gasteiger partial charge is 0.272 e. The van der Waals surface area contributed by atoms with Crippen molar-refractivity contribution >= 4 is 46.4 Å². The lowest BCUT2D eigenvalue weighted by atomic mass is 10.3. The van der Waals surface area contributed by atoms with Crippen molar-refractivity contribution in [2.75, 3.05) is 0 Å². The lowest BCUT2D eigenvalue weighted by Crippen LogP contribution is -2.41. The molecule has 2 amide bonds. The first-order chi connectivity index (χ1) is 8.58. The molecule has 0 radical (unpaired) electrons. The van der Waals surface area contributed by atoms with E-state index in [9.17, 15) is 9.59 Å². The summed E-state index contributed by atoms with van der Waals surface area (Å²) < 4.78 is 5.39. The van der Waals surface area contributed by atoms with Gasteiger partial charge in [0.1, 0.15) is 10.6 Å². The molecular weight excluding hydrogens is 299 g/mol. The van der Waals surface area contributed by atoms with E-state index in [2.05, 4.69) is 10.9 Å². The maximum absolute atomic E-state index is 11.7. The van der Waals surface area contributed by atoms with Crippen LogP contribution in [0.4, 0.5) is 0 Å². The second-order valence-electron chi connectivity index (χ2n) is 3.16. The van der Waals surface area contributed by atoms with E-state index in [0.717, 1.165) is 11.3 Å². The van der Waals surface area contributed by atoms with Crippen molar-refractivity contribution < 1.29 is 14.0 Å². The molecule has 0 spiro atoms. The van der Waals surface area contributed by atoms with E-state index >= 15 is 0 Å². The highest BCUT2D eigenvalue weighted by Crippen LogP contribution is 2.30. The molecule has 8 heteroatoms. The van der Waals surface area contributed by atoms with Crippen molar-refractivity contribution in [1.29, 1.82) is 0 Å². The number of hydrogen-bond donors (Lipinski definition) is 2.